The molecule has 0 aromatic heterocycles. The number of nitrogens with one attached hydrogen (secondary N) is 1. The third-order valence-corrected chi connectivity index (χ3v) is 2.57. The molecule has 3 N–H and O–H groups in total. The molecule has 0 spiro atoms. The molecule has 0 saturated carbocycles. The summed E-state index contributed by atoms with van der Waals surface area (Å²) in [5.41, 5.74) is 3.07. The highest BCUT2D eigenvalue weighted by atomic mass is 32.1. The molecule has 1 fully saturated rings. The summed E-state index contributed by atoms with van der Waals surface area (Å²) in [6.07, 6.45) is 0. The fraction of sp³-hybridized carbons (Fsp3) is 1.00. The summed E-state index contributed by atoms with van der Waals surface area (Å²) in [7, 11) is 0. The minimum atomic E-state index is -0.0331. The van der Waals surface area contributed by atoms with E-state index in [9.17, 15) is 0 Å². The van der Waals surface area contributed by atoms with E-state index in [1.807, 2.05) is 5.01 Å². The summed E-state index contributed by atoms with van der Waals surface area (Å²) >= 11 is 4.35. The first-order chi connectivity index (χ1) is 7.27. The molecule has 0 aromatic carbocycles. The number of rotatable bonds is 7. The van der Waals surface area contributed by atoms with Gasteiger partial charge in [0.05, 0.1) is 33.1 Å². The molecule has 1 aliphatic heterocycles. The maximum absolute atomic E-state index is 8.77. The van der Waals surface area contributed by atoms with Gasteiger partial charge < -0.3 is 14.9 Å². The first-order valence-electron chi connectivity index (χ1n) is 5.00. The Morgan fingerprint density at radius 2 is 2.07 bits per heavy atom. The van der Waals surface area contributed by atoms with Gasteiger partial charge in [0.2, 0.25) is 0 Å². The van der Waals surface area contributed by atoms with E-state index < -0.39 is 0 Å². The van der Waals surface area contributed by atoms with Crippen LogP contribution < -0.4 is 5.43 Å². The van der Waals surface area contributed by atoms with Crippen molar-refractivity contribution < 1.29 is 14.9 Å². The Morgan fingerprint density at radius 3 is 2.73 bits per heavy atom. The predicted octanol–water partition coefficient (Wildman–Crippen LogP) is -1.72. The molecule has 0 radical (unpaired) electrons. The Balaban J connectivity index is 2.13. The lowest BCUT2D eigenvalue weighted by atomic mass is 10.6. The van der Waals surface area contributed by atoms with Crippen molar-refractivity contribution in [2.45, 2.75) is 5.50 Å². The largest absolute Gasteiger partial charge is 0.395 e. The van der Waals surface area contributed by atoms with Crippen LogP contribution in [0.4, 0.5) is 0 Å². The van der Waals surface area contributed by atoms with E-state index in [1.54, 1.807) is 0 Å². The van der Waals surface area contributed by atoms with Gasteiger partial charge in [-0.15, -0.1) is 12.6 Å². The topological polar surface area (TPSA) is 68.2 Å². The van der Waals surface area contributed by atoms with Crippen LogP contribution in [-0.4, -0.2) is 71.8 Å². The van der Waals surface area contributed by atoms with Crippen molar-refractivity contribution in [3.05, 3.63) is 0 Å². The molecule has 1 rings (SSSR count). The predicted molar refractivity (Wildman–Crippen MR) is 59.2 cm³/mol. The lowest BCUT2D eigenvalue weighted by Crippen LogP contribution is -2.35. The summed E-state index contributed by atoms with van der Waals surface area (Å²) in [6.45, 7) is 3.19. The van der Waals surface area contributed by atoms with E-state index in [2.05, 4.69) is 23.0 Å². The summed E-state index contributed by atoms with van der Waals surface area (Å²) in [5, 5.41) is 19.2. The van der Waals surface area contributed by atoms with Gasteiger partial charge in [-0.05, 0) is 0 Å². The van der Waals surface area contributed by atoms with Gasteiger partial charge in [-0.2, -0.15) is 0 Å². The van der Waals surface area contributed by atoms with Crippen molar-refractivity contribution in [1.82, 2.24) is 15.3 Å². The van der Waals surface area contributed by atoms with Crippen molar-refractivity contribution in [3.63, 3.8) is 0 Å². The molecule has 1 unspecified atom stereocenters. The Kier molecular flexibility index (Phi) is 6.50. The number of thiol groups is 1. The lowest BCUT2D eigenvalue weighted by molar-refractivity contribution is 0.0727. The Hall–Kier alpha value is 0.110. The van der Waals surface area contributed by atoms with E-state index in [0.717, 1.165) is 13.2 Å². The maximum Gasteiger partial charge on any atom is 0.119 e. The van der Waals surface area contributed by atoms with Gasteiger partial charge >= 0.3 is 0 Å². The van der Waals surface area contributed by atoms with Gasteiger partial charge in [-0.3, -0.25) is 4.90 Å². The quantitative estimate of drug-likeness (QED) is 0.312. The molecule has 0 aromatic rings. The van der Waals surface area contributed by atoms with Gasteiger partial charge in [0.25, 0.3) is 0 Å². The number of nitrogens with zero attached hydrogens (tertiary/aromatic N) is 2. The lowest BCUT2D eigenvalue weighted by Gasteiger charge is -2.17. The van der Waals surface area contributed by atoms with E-state index in [1.165, 1.54) is 0 Å². The van der Waals surface area contributed by atoms with Crippen LogP contribution in [0.1, 0.15) is 0 Å². The van der Waals surface area contributed by atoms with Crippen molar-refractivity contribution in [3.8, 4) is 0 Å². The van der Waals surface area contributed by atoms with E-state index in [-0.39, 0.29) is 18.7 Å². The van der Waals surface area contributed by atoms with Gasteiger partial charge in [-0.1, -0.05) is 0 Å². The zero-order valence-electron chi connectivity index (χ0n) is 8.67. The SMILES string of the molecule is OCCOCCN1CN(CCO)NC1S. The summed E-state index contributed by atoms with van der Waals surface area (Å²) in [6, 6.07) is 0. The van der Waals surface area contributed by atoms with E-state index in [4.69, 9.17) is 14.9 Å². The second-order valence-electron chi connectivity index (χ2n) is 3.28. The van der Waals surface area contributed by atoms with Crippen LogP contribution in [0.2, 0.25) is 0 Å². The molecule has 0 bridgehead atoms. The maximum atomic E-state index is 8.77. The van der Waals surface area contributed by atoms with Crippen LogP contribution in [0.15, 0.2) is 0 Å². The molecule has 1 aliphatic rings. The zero-order valence-corrected chi connectivity index (χ0v) is 9.57. The Bertz CT molecular complexity index is 175. The average Bonchev–Trinajstić information content (AvgIpc) is 2.55. The van der Waals surface area contributed by atoms with Crippen LogP contribution in [-0.2, 0) is 4.74 Å². The highest BCUT2D eigenvalue weighted by molar-refractivity contribution is 7.80. The number of β-amino-alcohol motifs (C(OH)–C–C–N with tert-alkyl or cyclic N) is 1. The molecule has 90 valence electrons. The van der Waals surface area contributed by atoms with Crippen LogP contribution in [0.25, 0.3) is 0 Å². The van der Waals surface area contributed by atoms with Crippen molar-refractivity contribution >= 4 is 12.6 Å². The standard InChI is InChI=1S/C8H19N3O3S/c12-3-1-11-7-10(8(15)9-11)2-5-14-6-4-13/h8-9,12-13,15H,1-7H2. The third kappa shape index (κ3) is 4.64. The number of ether oxygens (including phenoxy) is 1. The first-order valence-corrected chi connectivity index (χ1v) is 5.52. The molecule has 1 saturated heterocycles. The molecule has 7 heteroatoms. The number of aliphatic hydroxyl groups excluding tert-OH is 2. The fourth-order valence-corrected chi connectivity index (χ4v) is 1.73. The average molecular weight is 237 g/mol. The molecule has 1 atom stereocenters. The van der Waals surface area contributed by atoms with Crippen LogP contribution in [0.3, 0.4) is 0 Å². The minimum Gasteiger partial charge on any atom is -0.395 e. The zero-order chi connectivity index (χ0) is 11.1. The smallest absolute Gasteiger partial charge is 0.119 e. The summed E-state index contributed by atoms with van der Waals surface area (Å²) in [5.74, 6) is 0. The summed E-state index contributed by atoms with van der Waals surface area (Å²) < 4.78 is 5.17. The van der Waals surface area contributed by atoms with Crippen LogP contribution in [0, 0.1) is 0 Å². The number of hydrogen-bond acceptors (Lipinski definition) is 7. The van der Waals surface area contributed by atoms with Gasteiger partial charge in [0, 0.05) is 13.1 Å². The molecule has 15 heavy (non-hydrogen) atoms. The van der Waals surface area contributed by atoms with Gasteiger partial charge in [-0.25, -0.2) is 10.4 Å². The van der Waals surface area contributed by atoms with Crippen molar-refractivity contribution in [2.75, 3.05) is 46.2 Å². The van der Waals surface area contributed by atoms with Gasteiger partial charge in [0.1, 0.15) is 5.50 Å². The first kappa shape index (κ1) is 13.2. The molecule has 6 nitrogen and oxygen atoms in total. The van der Waals surface area contributed by atoms with Crippen LogP contribution >= 0.6 is 12.6 Å². The van der Waals surface area contributed by atoms with Gasteiger partial charge in [0.15, 0.2) is 0 Å². The highest BCUT2D eigenvalue weighted by Gasteiger charge is 2.25. The van der Waals surface area contributed by atoms with Crippen molar-refractivity contribution in [1.29, 1.82) is 0 Å². The number of hydrogen-bond donors (Lipinski definition) is 4. The van der Waals surface area contributed by atoms with E-state index >= 15 is 0 Å². The molecule has 1 heterocycles. The van der Waals surface area contributed by atoms with E-state index in [0.29, 0.717) is 19.8 Å². The summed E-state index contributed by atoms with van der Waals surface area (Å²) in [4.78, 5) is 2.08. The molecule has 0 amide bonds. The number of aliphatic hydroxyl groups is 2. The Labute approximate surface area is 95.2 Å². The molecule has 0 aliphatic carbocycles. The fourth-order valence-electron chi connectivity index (χ4n) is 1.38. The second kappa shape index (κ2) is 7.39. The monoisotopic (exact) mass is 237 g/mol. The minimum absolute atomic E-state index is 0.0331. The van der Waals surface area contributed by atoms with Crippen LogP contribution in [0.5, 0.6) is 0 Å². The normalized spacial score (nSPS) is 23.8. The highest BCUT2D eigenvalue weighted by Crippen LogP contribution is 2.09. The Morgan fingerprint density at radius 1 is 1.27 bits per heavy atom. The van der Waals surface area contributed by atoms with Crippen molar-refractivity contribution in [2.24, 2.45) is 0 Å². The second-order valence-corrected chi connectivity index (χ2v) is 3.77. The number of hydrazine groups is 1. The third-order valence-electron chi connectivity index (χ3n) is 2.12. The molecular weight excluding hydrogens is 218 g/mol. The molecular formula is C8H19N3O3S.